The van der Waals surface area contributed by atoms with Crippen LogP contribution in [0.2, 0.25) is 0 Å². The summed E-state index contributed by atoms with van der Waals surface area (Å²) in [6.07, 6.45) is 2.57. The highest BCUT2D eigenvalue weighted by atomic mass is 79.9. The van der Waals surface area contributed by atoms with Crippen molar-refractivity contribution < 1.29 is 0 Å². The summed E-state index contributed by atoms with van der Waals surface area (Å²) in [4.78, 5) is 4.40. The van der Waals surface area contributed by atoms with Gasteiger partial charge in [0.05, 0.1) is 12.1 Å². The number of halogens is 1. The van der Waals surface area contributed by atoms with E-state index in [9.17, 15) is 0 Å². The van der Waals surface area contributed by atoms with E-state index in [-0.39, 0.29) is 12.1 Å². The smallest absolute Gasteiger partial charge is 0.222 e. The summed E-state index contributed by atoms with van der Waals surface area (Å²) >= 11 is 3.51. The van der Waals surface area contributed by atoms with E-state index in [1.807, 2.05) is 4.68 Å². The molecule has 0 bridgehead atoms. The molecule has 0 saturated heterocycles. The Morgan fingerprint density at radius 2 is 1.79 bits per heavy atom. The number of rotatable bonds is 2. The lowest BCUT2D eigenvalue weighted by atomic mass is 9.92. The number of nitrogens with zero attached hydrogens (tertiary/aromatic N) is 3. The minimum absolute atomic E-state index is 0.184. The number of benzene rings is 2. The fourth-order valence-corrected chi connectivity index (χ4v) is 3.55. The largest absolute Gasteiger partial charge is 0.348 e. The maximum atomic E-state index is 4.43. The van der Waals surface area contributed by atoms with E-state index in [4.69, 9.17) is 0 Å². The van der Waals surface area contributed by atoms with Crippen molar-refractivity contribution >= 4 is 21.9 Å². The summed E-state index contributed by atoms with van der Waals surface area (Å²) in [5, 5.41) is 7.96. The van der Waals surface area contributed by atoms with Gasteiger partial charge in [-0.05, 0) is 54.7 Å². The molecule has 3 aromatic rings. The van der Waals surface area contributed by atoms with E-state index in [0.29, 0.717) is 0 Å². The monoisotopic (exact) mass is 382 g/mol. The highest BCUT2D eigenvalue weighted by molar-refractivity contribution is 9.10. The highest BCUT2D eigenvalue weighted by Gasteiger charge is 2.29. The number of hydrogen-bond donors (Lipinski definition) is 1. The maximum absolute atomic E-state index is 4.43. The minimum Gasteiger partial charge on any atom is -0.348 e. The van der Waals surface area contributed by atoms with E-state index in [1.165, 1.54) is 22.3 Å². The molecule has 5 heteroatoms. The fourth-order valence-electron chi connectivity index (χ4n) is 3.28. The Morgan fingerprint density at radius 3 is 2.54 bits per heavy atom. The van der Waals surface area contributed by atoms with Crippen LogP contribution in [0, 0.1) is 13.8 Å². The van der Waals surface area contributed by atoms with Crippen molar-refractivity contribution in [3.63, 3.8) is 0 Å². The zero-order valence-electron chi connectivity index (χ0n) is 13.7. The second-order valence-corrected chi connectivity index (χ2v) is 7.29. The molecular weight excluding hydrogens is 364 g/mol. The van der Waals surface area contributed by atoms with E-state index >= 15 is 0 Å². The molecule has 0 amide bonds. The third kappa shape index (κ3) is 2.73. The Labute approximate surface area is 150 Å². The summed E-state index contributed by atoms with van der Waals surface area (Å²) in [6.45, 7) is 4.31. The Bertz CT molecular complexity index is 869. The van der Waals surface area contributed by atoms with Crippen LogP contribution in [-0.2, 0) is 0 Å². The Morgan fingerprint density at radius 1 is 1.04 bits per heavy atom. The molecule has 0 radical (unpaired) electrons. The van der Waals surface area contributed by atoms with Gasteiger partial charge < -0.3 is 5.32 Å². The van der Waals surface area contributed by atoms with Crippen molar-refractivity contribution in [3.05, 3.63) is 75.5 Å². The molecule has 0 fully saturated rings. The summed E-state index contributed by atoms with van der Waals surface area (Å²) in [5.74, 6) is 0.831. The van der Waals surface area contributed by atoms with Crippen LogP contribution in [0.15, 0.2) is 53.3 Å². The molecular formula is C19H19BrN4. The van der Waals surface area contributed by atoms with Gasteiger partial charge in [0.1, 0.15) is 6.33 Å². The van der Waals surface area contributed by atoms with E-state index in [1.54, 1.807) is 6.33 Å². The molecule has 2 heterocycles. The summed E-state index contributed by atoms with van der Waals surface area (Å²) < 4.78 is 3.07. The lowest BCUT2D eigenvalue weighted by molar-refractivity contribution is 0.430. The first-order chi connectivity index (χ1) is 11.6. The van der Waals surface area contributed by atoms with Gasteiger partial charge in [0.15, 0.2) is 0 Å². The van der Waals surface area contributed by atoms with Crippen LogP contribution in [-0.4, -0.2) is 14.8 Å². The Hall–Kier alpha value is -2.14. The van der Waals surface area contributed by atoms with Gasteiger partial charge in [-0.15, -0.1) is 0 Å². The normalized spacial score (nSPS) is 19.6. The maximum Gasteiger partial charge on any atom is 0.222 e. The van der Waals surface area contributed by atoms with E-state index in [2.05, 4.69) is 87.6 Å². The summed E-state index contributed by atoms with van der Waals surface area (Å²) in [7, 11) is 0. The van der Waals surface area contributed by atoms with Crippen molar-refractivity contribution in [3.8, 4) is 0 Å². The number of hydrogen-bond acceptors (Lipinski definition) is 3. The van der Waals surface area contributed by atoms with Crippen molar-refractivity contribution in [2.24, 2.45) is 0 Å². The van der Waals surface area contributed by atoms with Gasteiger partial charge in [-0.1, -0.05) is 46.3 Å². The van der Waals surface area contributed by atoms with Gasteiger partial charge >= 0.3 is 0 Å². The number of anilines is 1. The Balaban J connectivity index is 1.72. The van der Waals surface area contributed by atoms with Crippen molar-refractivity contribution in [2.45, 2.75) is 32.4 Å². The lowest BCUT2D eigenvalue weighted by Crippen LogP contribution is -2.28. The molecule has 1 aliphatic heterocycles. The van der Waals surface area contributed by atoms with Crippen molar-refractivity contribution in [1.82, 2.24) is 14.8 Å². The van der Waals surface area contributed by atoms with Crippen LogP contribution < -0.4 is 5.32 Å². The van der Waals surface area contributed by atoms with Gasteiger partial charge in [-0.2, -0.15) is 10.1 Å². The summed E-state index contributed by atoms with van der Waals surface area (Å²) in [6, 6.07) is 15.6. The van der Waals surface area contributed by atoms with Gasteiger partial charge in [0.2, 0.25) is 5.95 Å². The molecule has 1 aromatic heterocycles. The molecule has 122 valence electrons. The predicted octanol–water partition coefficient (Wildman–Crippen LogP) is 4.80. The van der Waals surface area contributed by atoms with Gasteiger partial charge in [-0.25, -0.2) is 4.68 Å². The average molecular weight is 383 g/mol. The molecule has 0 unspecified atom stereocenters. The fraction of sp³-hybridized carbons (Fsp3) is 0.263. The molecule has 2 atom stereocenters. The van der Waals surface area contributed by atoms with Crippen LogP contribution in [0.5, 0.6) is 0 Å². The van der Waals surface area contributed by atoms with Gasteiger partial charge in [0.25, 0.3) is 0 Å². The molecule has 4 nitrogen and oxygen atoms in total. The predicted molar refractivity (Wildman–Crippen MR) is 99.2 cm³/mol. The van der Waals surface area contributed by atoms with Crippen LogP contribution in [0.25, 0.3) is 0 Å². The van der Waals surface area contributed by atoms with Crippen LogP contribution in [0.3, 0.4) is 0 Å². The van der Waals surface area contributed by atoms with Crippen LogP contribution in [0.1, 0.15) is 40.8 Å². The topological polar surface area (TPSA) is 42.7 Å². The first-order valence-corrected chi connectivity index (χ1v) is 8.90. The number of aryl methyl sites for hydroxylation is 2. The molecule has 0 spiro atoms. The molecule has 1 N–H and O–H groups in total. The standard InChI is InChI=1S/C19H19BrN4/c1-12-3-4-15(9-13(12)2)17-10-18(14-5-7-16(20)8-6-14)24-19(23-17)21-11-22-24/h3-9,11,17-18H,10H2,1-2H3,(H,21,22,23)/t17-,18+/m0/s1. The highest BCUT2D eigenvalue weighted by Crippen LogP contribution is 2.37. The summed E-state index contributed by atoms with van der Waals surface area (Å²) in [5.41, 5.74) is 5.19. The number of fused-ring (bicyclic) bond motifs is 1. The SMILES string of the molecule is Cc1ccc([C@@H]2C[C@H](c3ccc(Br)cc3)n3ncnc3N2)cc1C. The van der Waals surface area contributed by atoms with Crippen LogP contribution in [0.4, 0.5) is 5.95 Å². The average Bonchev–Trinajstić information content (AvgIpc) is 3.06. The van der Waals surface area contributed by atoms with Crippen LogP contribution >= 0.6 is 15.9 Å². The third-order valence-corrected chi connectivity index (χ3v) is 5.35. The Kier molecular flexibility index (Phi) is 3.88. The van der Waals surface area contributed by atoms with E-state index in [0.717, 1.165) is 16.8 Å². The zero-order chi connectivity index (χ0) is 16.7. The minimum atomic E-state index is 0.184. The molecule has 24 heavy (non-hydrogen) atoms. The second kappa shape index (κ2) is 6.06. The molecule has 1 aliphatic rings. The first-order valence-electron chi connectivity index (χ1n) is 8.10. The quantitative estimate of drug-likeness (QED) is 0.691. The van der Waals surface area contributed by atoms with Gasteiger partial charge in [-0.3, -0.25) is 0 Å². The molecule has 4 rings (SSSR count). The number of aromatic nitrogens is 3. The molecule has 2 aromatic carbocycles. The second-order valence-electron chi connectivity index (χ2n) is 6.37. The molecule has 0 aliphatic carbocycles. The lowest BCUT2D eigenvalue weighted by Gasteiger charge is -2.32. The van der Waals surface area contributed by atoms with E-state index < -0.39 is 0 Å². The van der Waals surface area contributed by atoms with Crippen molar-refractivity contribution in [2.75, 3.05) is 5.32 Å². The number of nitrogens with one attached hydrogen (secondary N) is 1. The third-order valence-electron chi connectivity index (χ3n) is 4.82. The first kappa shape index (κ1) is 15.4. The van der Waals surface area contributed by atoms with Gasteiger partial charge in [0, 0.05) is 4.47 Å². The molecule has 0 saturated carbocycles. The zero-order valence-corrected chi connectivity index (χ0v) is 15.3. The van der Waals surface area contributed by atoms with Crippen molar-refractivity contribution in [1.29, 1.82) is 0 Å².